The van der Waals surface area contributed by atoms with Crippen LogP contribution < -0.4 is 21.6 Å². The van der Waals surface area contributed by atoms with Crippen molar-refractivity contribution < 1.29 is 9.59 Å². The Morgan fingerprint density at radius 3 is 2.24 bits per heavy atom. The molecule has 5 aromatic rings. The lowest BCUT2D eigenvalue weighted by Crippen LogP contribution is -2.28. The average molecular weight is 493 g/mol. The van der Waals surface area contributed by atoms with Gasteiger partial charge in [-0.25, -0.2) is 14.3 Å². The van der Waals surface area contributed by atoms with Crippen LogP contribution in [-0.4, -0.2) is 26.1 Å². The van der Waals surface area contributed by atoms with E-state index in [0.717, 1.165) is 11.1 Å². The number of pyridine rings is 1. The molecule has 0 radical (unpaired) electrons. The molecule has 9 heteroatoms. The normalized spacial score (nSPS) is 10.7. The standard InChI is InChI=1S/C28H24N6O3/c35-26(22-10-2-1-3-11-22)30-23-12-6-8-20(16-23)18-29-27(36)31-24-13-7-9-21(17-24)19-34-28(37)33-15-5-4-14-25(33)32-34/h1-17H,18-19H2,(H,30,35)(H2,29,31,36). The van der Waals surface area contributed by atoms with Gasteiger partial charge in [-0.15, -0.1) is 5.10 Å². The summed E-state index contributed by atoms with van der Waals surface area (Å²) in [6.45, 7) is 0.552. The number of nitrogens with zero attached hydrogens (tertiary/aromatic N) is 3. The molecule has 37 heavy (non-hydrogen) atoms. The van der Waals surface area contributed by atoms with Crippen molar-refractivity contribution >= 4 is 29.0 Å². The molecule has 0 unspecified atom stereocenters. The fourth-order valence-electron chi connectivity index (χ4n) is 3.90. The molecular weight excluding hydrogens is 468 g/mol. The molecule has 0 atom stereocenters. The van der Waals surface area contributed by atoms with Crippen molar-refractivity contribution in [3.63, 3.8) is 0 Å². The average Bonchev–Trinajstić information content (AvgIpc) is 3.23. The zero-order valence-electron chi connectivity index (χ0n) is 19.8. The maximum absolute atomic E-state index is 12.5. The second kappa shape index (κ2) is 10.6. The third-order valence-corrected chi connectivity index (χ3v) is 5.68. The zero-order chi connectivity index (χ0) is 25.6. The molecule has 0 saturated heterocycles. The lowest BCUT2D eigenvalue weighted by molar-refractivity contribution is 0.102. The first kappa shape index (κ1) is 23.6. The summed E-state index contributed by atoms with van der Waals surface area (Å²) in [7, 11) is 0. The summed E-state index contributed by atoms with van der Waals surface area (Å²) in [5, 5.41) is 12.8. The number of fused-ring (bicyclic) bond motifs is 1. The Bertz CT molecular complexity index is 1620. The van der Waals surface area contributed by atoms with Gasteiger partial charge in [0.15, 0.2) is 5.65 Å². The molecular formula is C28H24N6O3. The Morgan fingerprint density at radius 2 is 1.46 bits per heavy atom. The van der Waals surface area contributed by atoms with Crippen molar-refractivity contribution in [1.82, 2.24) is 19.5 Å². The molecule has 3 amide bonds. The highest BCUT2D eigenvalue weighted by atomic mass is 16.2. The predicted molar refractivity (Wildman–Crippen MR) is 142 cm³/mol. The predicted octanol–water partition coefficient (Wildman–Crippen LogP) is 4.12. The maximum atomic E-state index is 12.5. The van der Waals surface area contributed by atoms with Crippen molar-refractivity contribution in [3.8, 4) is 0 Å². The number of hydrogen-bond donors (Lipinski definition) is 3. The van der Waals surface area contributed by atoms with Crippen molar-refractivity contribution in [1.29, 1.82) is 0 Å². The molecule has 0 bridgehead atoms. The second-order valence-corrected chi connectivity index (χ2v) is 8.40. The molecule has 3 aromatic carbocycles. The van der Waals surface area contributed by atoms with Crippen molar-refractivity contribution in [2.75, 3.05) is 10.6 Å². The summed E-state index contributed by atoms with van der Waals surface area (Å²) in [5.41, 5.74) is 3.81. The van der Waals surface area contributed by atoms with E-state index in [2.05, 4.69) is 21.0 Å². The van der Waals surface area contributed by atoms with E-state index in [1.54, 1.807) is 48.7 Å². The van der Waals surface area contributed by atoms with Gasteiger partial charge in [0, 0.05) is 29.7 Å². The summed E-state index contributed by atoms with van der Waals surface area (Å²) in [6.07, 6.45) is 1.68. The van der Waals surface area contributed by atoms with Crippen molar-refractivity contribution in [2.45, 2.75) is 13.1 Å². The zero-order valence-corrected chi connectivity index (χ0v) is 19.8. The molecule has 184 valence electrons. The number of nitrogens with one attached hydrogen (secondary N) is 3. The smallest absolute Gasteiger partial charge is 0.334 e. The molecule has 2 heterocycles. The van der Waals surface area contributed by atoms with Gasteiger partial charge in [0.1, 0.15) is 0 Å². The Balaban J connectivity index is 1.18. The fraction of sp³-hybridized carbons (Fsp3) is 0.0714. The van der Waals surface area contributed by atoms with Crippen molar-refractivity contribution in [2.24, 2.45) is 0 Å². The van der Waals surface area contributed by atoms with Gasteiger partial charge in [0.2, 0.25) is 0 Å². The van der Waals surface area contributed by atoms with Crippen LogP contribution >= 0.6 is 0 Å². The van der Waals surface area contributed by atoms with E-state index in [1.807, 2.05) is 54.6 Å². The van der Waals surface area contributed by atoms with E-state index in [0.29, 0.717) is 22.6 Å². The van der Waals surface area contributed by atoms with Crippen LogP contribution in [0.5, 0.6) is 0 Å². The lowest BCUT2D eigenvalue weighted by Gasteiger charge is -2.11. The van der Waals surface area contributed by atoms with E-state index in [4.69, 9.17) is 0 Å². The molecule has 9 nitrogen and oxygen atoms in total. The second-order valence-electron chi connectivity index (χ2n) is 8.40. The molecule has 0 spiro atoms. The minimum Gasteiger partial charge on any atom is -0.334 e. The number of carbonyl (C=O) groups excluding carboxylic acids is 2. The third kappa shape index (κ3) is 5.73. The van der Waals surface area contributed by atoms with Gasteiger partial charge in [-0.2, -0.15) is 0 Å². The quantitative estimate of drug-likeness (QED) is 0.318. The number of carbonyl (C=O) groups is 2. The van der Waals surface area contributed by atoms with Gasteiger partial charge in [-0.1, -0.05) is 48.5 Å². The van der Waals surface area contributed by atoms with Gasteiger partial charge in [0.05, 0.1) is 6.54 Å². The SMILES string of the molecule is O=C(NCc1cccc(NC(=O)c2ccccc2)c1)Nc1cccc(Cn2nc3ccccn3c2=O)c1. The number of amides is 3. The van der Waals surface area contributed by atoms with E-state index < -0.39 is 0 Å². The van der Waals surface area contributed by atoms with Gasteiger partial charge >= 0.3 is 11.7 Å². The van der Waals surface area contributed by atoms with E-state index in [9.17, 15) is 14.4 Å². The van der Waals surface area contributed by atoms with Gasteiger partial charge in [0.25, 0.3) is 5.91 Å². The van der Waals surface area contributed by atoms with E-state index in [-0.39, 0.29) is 30.7 Å². The number of rotatable bonds is 7. The van der Waals surface area contributed by atoms with Gasteiger partial charge < -0.3 is 16.0 Å². The maximum Gasteiger partial charge on any atom is 0.350 e. The Morgan fingerprint density at radius 1 is 0.757 bits per heavy atom. The highest BCUT2D eigenvalue weighted by Crippen LogP contribution is 2.14. The fourth-order valence-corrected chi connectivity index (χ4v) is 3.90. The van der Waals surface area contributed by atoms with Crippen LogP contribution in [0.4, 0.5) is 16.2 Å². The lowest BCUT2D eigenvalue weighted by atomic mass is 10.1. The topological polar surface area (TPSA) is 110 Å². The summed E-state index contributed by atoms with van der Waals surface area (Å²) in [6, 6.07) is 28.5. The number of aromatic nitrogens is 3. The summed E-state index contributed by atoms with van der Waals surface area (Å²) >= 11 is 0. The van der Waals surface area contributed by atoms with Crippen LogP contribution in [0.3, 0.4) is 0 Å². The first-order valence-electron chi connectivity index (χ1n) is 11.7. The first-order chi connectivity index (χ1) is 18.0. The summed E-state index contributed by atoms with van der Waals surface area (Å²) in [4.78, 5) is 37.4. The molecule has 0 fully saturated rings. The Hall–Kier alpha value is -5.18. The monoisotopic (exact) mass is 492 g/mol. The van der Waals surface area contributed by atoms with Crippen LogP contribution in [-0.2, 0) is 13.1 Å². The molecule has 5 rings (SSSR count). The highest BCUT2D eigenvalue weighted by Gasteiger charge is 2.09. The van der Waals surface area contributed by atoms with Gasteiger partial charge in [-0.3, -0.25) is 9.20 Å². The van der Waals surface area contributed by atoms with Crippen LogP contribution in [0, 0.1) is 0 Å². The molecule has 0 aliphatic rings. The van der Waals surface area contributed by atoms with Crippen molar-refractivity contribution in [3.05, 3.63) is 130 Å². The van der Waals surface area contributed by atoms with Crippen LogP contribution in [0.25, 0.3) is 5.65 Å². The minimum atomic E-state index is -0.374. The number of urea groups is 1. The number of benzene rings is 3. The van der Waals surface area contributed by atoms with Gasteiger partial charge in [-0.05, 0) is 59.7 Å². The molecule has 2 aromatic heterocycles. The third-order valence-electron chi connectivity index (χ3n) is 5.68. The summed E-state index contributed by atoms with van der Waals surface area (Å²) < 4.78 is 2.87. The first-order valence-corrected chi connectivity index (χ1v) is 11.7. The largest absolute Gasteiger partial charge is 0.350 e. The molecule has 0 saturated carbocycles. The Labute approximate surface area is 212 Å². The minimum absolute atomic E-state index is 0.200. The number of hydrogen-bond acceptors (Lipinski definition) is 4. The number of anilines is 2. The summed E-state index contributed by atoms with van der Waals surface area (Å²) in [5.74, 6) is -0.200. The molecule has 3 N–H and O–H groups in total. The molecule has 0 aliphatic heterocycles. The van der Waals surface area contributed by atoms with E-state index >= 15 is 0 Å². The van der Waals surface area contributed by atoms with Crippen LogP contribution in [0.15, 0.2) is 108 Å². The van der Waals surface area contributed by atoms with E-state index in [1.165, 1.54) is 9.08 Å². The van der Waals surface area contributed by atoms with Crippen LogP contribution in [0.2, 0.25) is 0 Å². The Kier molecular flexibility index (Phi) is 6.76. The van der Waals surface area contributed by atoms with Crippen LogP contribution in [0.1, 0.15) is 21.5 Å². The molecule has 0 aliphatic carbocycles. The highest BCUT2D eigenvalue weighted by molar-refractivity contribution is 6.04.